The smallest absolute Gasteiger partial charge is 0.224 e. The molecule has 0 radical (unpaired) electrons. The fourth-order valence-corrected chi connectivity index (χ4v) is 2.49. The molecule has 0 saturated carbocycles. The Bertz CT molecular complexity index is 369. The zero-order valence-corrected chi connectivity index (χ0v) is 11.8. The first kappa shape index (κ1) is 15.1. The molecule has 0 saturated heterocycles. The first-order valence-electron chi connectivity index (χ1n) is 6.36. The number of carbonyl (C=O) groups excluding carboxylic acids is 1. The van der Waals surface area contributed by atoms with Crippen LogP contribution in [-0.4, -0.2) is 24.0 Å². The maximum Gasteiger partial charge on any atom is 0.224 e. The highest BCUT2D eigenvalue weighted by atomic mass is 32.2. The topological polar surface area (TPSA) is 55.1 Å². The van der Waals surface area contributed by atoms with Crippen molar-refractivity contribution in [2.75, 3.05) is 23.4 Å². The Morgan fingerprint density at radius 3 is 2.83 bits per heavy atom. The standard InChI is InChI=1S/C14H22N2OS/c1-12-5-2-6-13(11-12)16-14(17)7-3-9-18-10-4-8-15/h2,5-6,11H,3-4,7-10,15H2,1H3,(H,16,17). The third kappa shape index (κ3) is 6.67. The lowest BCUT2D eigenvalue weighted by atomic mass is 10.2. The lowest BCUT2D eigenvalue weighted by molar-refractivity contribution is -0.116. The molecule has 4 heteroatoms. The molecule has 100 valence electrons. The van der Waals surface area contributed by atoms with E-state index in [1.54, 1.807) is 0 Å². The second-order valence-corrected chi connectivity index (χ2v) is 5.50. The van der Waals surface area contributed by atoms with Gasteiger partial charge in [0.2, 0.25) is 5.91 Å². The number of rotatable bonds is 8. The number of anilines is 1. The zero-order valence-electron chi connectivity index (χ0n) is 10.9. The first-order valence-corrected chi connectivity index (χ1v) is 7.52. The molecule has 18 heavy (non-hydrogen) atoms. The number of hydrogen-bond donors (Lipinski definition) is 2. The van der Waals surface area contributed by atoms with Crippen LogP contribution < -0.4 is 11.1 Å². The van der Waals surface area contributed by atoms with Gasteiger partial charge in [0.05, 0.1) is 0 Å². The van der Waals surface area contributed by atoms with Gasteiger partial charge in [-0.2, -0.15) is 11.8 Å². The molecule has 0 atom stereocenters. The van der Waals surface area contributed by atoms with Gasteiger partial charge in [0.25, 0.3) is 0 Å². The first-order chi connectivity index (χ1) is 8.72. The number of benzene rings is 1. The molecule has 0 aliphatic heterocycles. The van der Waals surface area contributed by atoms with Crippen LogP contribution in [0.15, 0.2) is 24.3 Å². The normalized spacial score (nSPS) is 10.3. The van der Waals surface area contributed by atoms with Gasteiger partial charge in [-0.3, -0.25) is 4.79 Å². The minimum Gasteiger partial charge on any atom is -0.330 e. The SMILES string of the molecule is Cc1cccc(NC(=O)CCCSCCCN)c1. The van der Waals surface area contributed by atoms with Crippen molar-refractivity contribution in [3.05, 3.63) is 29.8 Å². The van der Waals surface area contributed by atoms with Crippen molar-refractivity contribution >= 4 is 23.4 Å². The van der Waals surface area contributed by atoms with Gasteiger partial charge in [-0.05, 0) is 55.5 Å². The monoisotopic (exact) mass is 266 g/mol. The van der Waals surface area contributed by atoms with E-state index >= 15 is 0 Å². The minimum atomic E-state index is 0.0972. The number of nitrogens with two attached hydrogens (primary N) is 1. The summed E-state index contributed by atoms with van der Waals surface area (Å²) in [5.74, 6) is 2.22. The summed E-state index contributed by atoms with van der Waals surface area (Å²) in [6.07, 6.45) is 2.57. The van der Waals surface area contributed by atoms with Crippen molar-refractivity contribution in [1.82, 2.24) is 0 Å². The Labute approximate surface area is 114 Å². The number of hydrogen-bond acceptors (Lipinski definition) is 3. The second kappa shape index (κ2) is 9.00. The van der Waals surface area contributed by atoms with Gasteiger partial charge in [-0.1, -0.05) is 12.1 Å². The molecule has 0 fully saturated rings. The summed E-state index contributed by atoms with van der Waals surface area (Å²) >= 11 is 1.87. The Morgan fingerprint density at radius 2 is 2.11 bits per heavy atom. The third-order valence-corrected chi connectivity index (χ3v) is 3.64. The number of nitrogens with one attached hydrogen (secondary N) is 1. The van der Waals surface area contributed by atoms with Crippen molar-refractivity contribution in [2.24, 2.45) is 5.73 Å². The van der Waals surface area contributed by atoms with E-state index in [0.717, 1.165) is 42.1 Å². The molecule has 1 aromatic carbocycles. The summed E-state index contributed by atoms with van der Waals surface area (Å²) in [5.41, 5.74) is 7.45. The van der Waals surface area contributed by atoms with Gasteiger partial charge in [-0.15, -0.1) is 0 Å². The van der Waals surface area contributed by atoms with Gasteiger partial charge in [0.15, 0.2) is 0 Å². The molecule has 0 unspecified atom stereocenters. The van der Waals surface area contributed by atoms with Crippen molar-refractivity contribution < 1.29 is 4.79 Å². The summed E-state index contributed by atoms with van der Waals surface area (Å²) in [5, 5.41) is 2.92. The van der Waals surface area contributed by atoms with Crippen LogP contribution in [0.2, 0.25) is 0 Å². The summed E-state index contributed by atoms with van der Waals surface area (Å²) in [4.78, 5) is 11.7. The Balaban J connectivity index is 2.14. The lowest BCUT2D eigenvalue weighted by Crippen LogP contribution is -2.11. The molecule has 3 N–H and O–H groups in total. The summed E-state index contributed by atoms with van der Waals surface area (Å²) in [6, 6.07) is 7.87. The van der Waals surface area contributed by atoms with Gasteiger partial charge >= 0.3 is 0 Å². The number of aryl methyl sites for hydroxylation is 1. The Hall–Kier alpha value is -1.00. The molecular formula is C14H22N2OS. The fraction of sp³-hybridized carbons (Fsp3) is 0.500. The van der Waals surface area contributed by atoms with Crippen LogP contribution in [0.4, 0.5) is 5.69 Å². The average molecular weight is 266 g/mol. The maximum absolute atomic E-state index is 11.7. The summed E-state index contributed by atoms with van der Waals surface area (Å²) in [7, 11) is 0. The van der Waals surface area contributed by atoms with Gasteiger partial charge in [0.1, 0.15) is 0 Å². The number of thioether (sulfide) groups is 1. The molecule has 0 aliphatic rings. The van der Waals surface area contributed by atoms with E-state index in [0.29, 0.717) is 6.42 Å². The summed E-state index contributed by atoms with van der Waals surface area (Å²) in [6.45, 7) is 2.77. The van der Waals surface area contributed by atoms with Crippen LogP contribution in [0.1, 0.15) is 24.8 Å². The molecular weight excluding hydrogens is 244 g/mol. The predicted molar refractivity (Wildman–Crippen MR) is 80.0 cm³/mol. The van der Waals surface area contributed by atoms with E-state index in [1.165, 1.54) is 0 Å². The van der Waals surface area contributed by atoms with Crippen LogP contribution >= 0.6 is 11.8 Å². The van der Waals surface area contributed by atoms with Gasteiger partial charge in [-0.25, -0.2) is 0 Å². The van der Waals surface area contributed by atoms with Crippen molar-refractivity contribution in [3.8, 4) is 0 Å². The second-order valence-electron chi connectivity index (χ2n) is 4.28. The van der Waals surface area contributed by atoms with Crippen molar-refractivity contribution in [2.45, 2.75) is 26.2 Å². The molecule has 1 amide bonds. The van der Waals surface area contributed by atoms with Gasteiger partial charge < -0.3 is 11.1 Å². The highest BCUT2D eigenvalue weighted by Crippen LogP contribution is 2.11. The van der Waals surface area contributed by atoms with Gasteiger partial charge in [0, 0.05) is 12.1 Å². The Kier molecular flexibility index (Phi) is 7.53. The lowest BCUT2D eigenvalue weighted by Gasteiger charge is -2.05. The fourth-order valence-electron chi connectivity index (χ4n) is 1.57. The van der Waals surface area contributed by atoms with E-state index in [4.69, 9.17) is 5.73 Å². The van der Waals surface area contributed by atoms with Crippen molar-refractivity contribution in [1.29, 1.82) is 0 Å². The van der Waals surface area contributed by atoms with Crippen molar-refractivity contribution in [3.63, 3.8) is 0 Å². The van der Waals surface area contributed by atoms with E-state index in [2.05, 4.69) is 5.32 Å². The minimum absolute atomic E-state index is 0.0972. The number of amides is 1. The molecule has 0 heterocycles. The molecule has 0 aromatic heterocycles. The zero-order chi connectivity index (χ0) is 13.2. The Morgan fingerprint density at radius 1 is 1.33 bits per heavy atom. The molecule has 1 aromatic rings. The molecule has 3 nitrogen and oxygen atoms in total. The predicted octanol–water partition coefficient (Wildman–Crippen LogP) is 2.80. The third-order valence-electron chi connectivity index (χ3n) is 2.49. The van der Waals surface area contributed by atoms with Crippen LogP contribution in [0.5, 0.6) is 0 Å². The van der Waals surface area contributed by atoms with E-state index in [-0.39, 0.29) is 5.91 Å². The molecule has 0 spiro atoms. The quantitative estimate of drug-likeness (QED) is 0.711. The molecule has 1 rings (SSSR count). The van der Waals surface area contributed by atoms with Crippen LogP contribution in [0.25, 0.3) is 0 Å². The van der Waals surface area contributed by atoms with E-state index < -0.39 is 0 Å². The van der Waals surface area contributed by atoms with E-state index in [1.807, 2.05) is 43.0 Å². The maximum atomic E-state index is 11.7. The van der Waals surface area contributed by atoms with Crippen LogP contribution in [0.3, 0.4) is 0 Å². The average Bonchev–Trinajstić information content (AvgIpc) is 2.33. The number of carbonyl (C=O) groups is 1. The molecule has 0 aliphatic carbocycles. The summed E-state index contributed by atoms with van der Waals surface area (Å²) < 4.78 is 0. The molecule has 0 bridgehead atoms. The largest absolute Gasteiger partial charge is 0.330 e. The van der Waals surface area contributed by atoms with E-state index in [9.17, 15) is 4.79 Å². The van der Waals surface area contributed by atoms with Crippen LogP contribution in [-0.2, 0) is 4.79 Å². The highest BCUT2D eigenvalue weighted by molar-refractivity contribution is 7.99. The highest BCUT2D eigenvalue weighted by Gasteiger charge is 2.02. The van der Waals surface area contributed by atoms with Crippen LogP contribution in [0, 0.1) is 6.92 Å².